The normalized spacial score (nSPS) is 11.6. The first-order chi connectivity index (χ1) is 11.1. The molecule has 2 heterocycles. The fourth-order valence-corrected chi connectivity index (χ4v) is 2.10. The van der Waals surface area contributed by atoms with E-state index in [9.17, 15) is 14.3 Å². The van der Waals surface area contributed by atoms with Crippen LogP contribution in [0.1, 0.15) is 27.5 Å². The predicted molar refractivity (Wildman–Crippen MR) is 79.2 cm³/mol. The van der Waals surface area contributed by atoms with Gasteiger partial charge in [0.25, 0.3) is 0 Å². The molecule has 0 aliphatic rings. The average Bonchev–Trinajstić information content (AvgIpc) is 3.20. The summed E-state index contributed by atoms with van der Waals surface area (Å²) in [4.78, 5) is 16.0. The van der Waals surface area contributed by atoms with E-state index in [1.54, 1.807) is 18.2 Å². The number of H-pyrrole nitrogens is 1. The maximum atomic E-state index is 12.9. The molecule has 0 bridgehead atoms. The van der Waals surface area contributed by atoms with E-state index in [-0.39, 0.29) is 23.2 Å². The van der Waals surface area contributed by atoms with Gasteiger partial charge in [-0.15, -0.1) is 0 Å². The van der Waals surface area contributed by atoms with Crippen LogP contribution in [-0.2, 0) is 6.42 Å². The summed E-state index contributed by atoms with van der Waals surface area (Å²) in [6, 6.07) is 7.64. The van der Waals surface area contributed by atoms with Crippen molar-refractivity contribution in [3.63, 3.8) is 0 Å². The minimum atomic E-state index is -0.505. The molecule has 0 atom stereocenters. The van der Waals surface area contributed by atoms with Crippen molar-refractivity contribution < 1.29 is 18.7 Å². The highest BCUT2D eigenvalue weighted by molar-refractivity contribution is 6.06. The number of nitrogens with zero attached hydrogens (tertiary/aromatic N) is 2. The lowest BCUT2D eigenvalue weighted by atomic mass is 10.0. The lowest BCUT2D eigenvalue weighted by Crippen LogP contribution is -2.00. The van der Waals surface area contributed by atoms with Crippen molar-refractivity contribution in [1.29, 1.82) is 0 Å². The van der Waals surface area contributed by atoms with E-state index in [2.05, 4.69) is 15.2 Å². The monoisotopic (exact) mass is 313 g/mol. The van der Waals surface area contributed by atoms with Crippen LogP contribution >= 0.6 is 0 Å². The van der Waals surface area contributed by atoms with E-state index in [1.165, 1.54) is 24.7 Å². The van der Waals surface area contributed by atoms with Crippen LogP contribution in [0.2, 0.25) is 0 Å². The van der Waals surface area contributed by atoms with Gasteiger partial charge in [0.1, 0.15) is 12.1 Å². The number of aliphatic hydroxyl groups excluding tert-OH is 1. The van der Waals surface area contributed by atoms with E-state index in [1.807, 2.05) is 0 Å². The second kappa shape index (κ2) is 6.27. The molecule has 1 aromatic carbocycles. The number of carbonyl (C=O) groups excluding carboxylic acids is 1. The Labute approximate surface area is 130 Å². The SMILES string of the molecule is O=C(C=C(O)c1nc[nH]n1)c1occc1Cc1ccc(F)cc1. The molecule has 116 valence electrons. The van der Waals surface area contributed by atoms with E-state index in [0.29, 0.717) is 12.0 Å². The Morgan fingerprint density at radius 1 is 1.30 bits per heavy atom. The topological polar surface area (TPSA) is 92.0 Å². The molecule has 2 aromatic heterocycles. The summed E-state index contributed by atoms with van der Waals surface area (Å²) in [5, 5.41) is 15.9. The number of aliphatic hydroxyl groups is 1. The first kappa shape index (κ1) is 14.7. The van der Waals surface area contributed by atoms with E-state index >= 15 is 0 Å². The van der Waals surface area contributed by atoms with Crippen LogP contribution in [0, 0.1) is 5.82 Å². The molecular weight excluding hydrogens is 301 g/mol. The van der Waals surface area contributed by atoms with Crippen LogP contribution in [0.4, 0.5) is 4.39 Å². The van der Waals surface area contributed by atoms with Crippen LogP contribution < -0.4 is 0 Å². The highest BCUT2D eigenvalue weighted by atomic mass is 19.1. The highest BCUT2D eigenvalue weighted by Crippen LogP contribution is 2.18. The molecular formula is C16H12FN3O3. The Kier molecular flexibility index (Phi) is 4.01. The molecule has 7 heteroatoms. The largest absolute Gasteiger partial charge is 0.504 e. The maximum Gasteiger partial charge on any atom is 0.225 e. The zero-order valence-corrected chi connectivity index (χ0v) is 11.9. The van der Waals surface area contributed by atoms with Gasteiger partial charge < -0.3 is 9.52 Å². The van der Waals surface area contributed by atoms with Crippen LogP contribution in [-0.4, -0.2) is 26.1 Å². The number of halogens is 1. The zero-order chi connectivity index (χ0) is 16.2. The van der Waals surface area contributed by atoms with Crippen molar-refractivity contribution >= 4 is 11.5 Å². The zero-order valence-electron chi connectivity index (χ0n) is 11.9. The minimum Gasteiger partial charge on any atom is -0.504 e. The summed E-state index contributed by atoms with van der Waals surface area (Å²) >= 11 is 0. The Morgan fingerprint density at radius 2 is 2.09 bits per heavy atom. The van der Waals surface area contributed by atoms with Gasteiger partial charge in [-0.05, 0) is 23.8 Å². The fraction of sp³-hybridized carbons (Fsp3) is 0.0625. The number of aromatic nitrogens is 3. The second-order valence-electron chi connectivity index (χ2n) is 4.79. The van der Waals surface area contributed by atoms with Gasteiger partial charge in [-0.25, -0.2) is 9.37 Å². The van der Waals surface area contributed by atoms with Crippen LogP contribution in [0.15, 0.2) is 53.4 Å². The number of hydrogen-bond donors (Lipinski definition) is 2. The van der Waals surface area contributed by atoms with Crippen molar-refractivity contribution in [2.75, 3.05) is 0 Å². The van der Waals surface area contributed by atoms with Crippen LogP contribution in [0.25, 0.3) is 5.76 Å². The Morgan fingerprint density at radius 3 is 2.78 bits per heavy atom. The van der Waals surface area contributed by atoms with Gasteiger partial charge in [-0.3, -0.25) is 9.89 Å². The van der Waals surface area contributed by atoms with Crippen molar-refractivity contribution in [3.8, 4) is 0 Å². The Hall–Kier alpha value is -3.22. The molecule has 3 aromatic rings. The van der Waals surface area contributed by atoms with Crippen molar-refractivity contribution in [2.24, 2.45) is 0 Å². The molecule has 0 saturated heterocycles. The number of aromatic amines is 1. The van der Waals surface area contributed by atoms with Gasteiger partial charge in [-0.2, -0.15) is 5.10 Å². The minimum absolute atomic E-state index is 0.0185. The number of allylic oxidation sites excluding steroid dienone is 1. The quantitative estimate of drug-likeness (QED) is 0.429. The van der Waals surface area contributed by atoms with Gasteiger partial charge in [0.15, 0.2) is 11.5 Å². The summed E-state index contributed by atoms with van der Waals surface area (Å²) < 4.78 is 18.1. The molecule has 0 spiro atoms. The second-order valence-corrected chi connectivity index (χ2v) is 4.79. The smallest absolute Gasteiger partial charge is 0.225 e. The molecule has 2 N–H and O–H groups in total. The summed E-state index contributed by atoms with van der Waals surface area (Å²) in [5.41, 5.74) is 1.48. The van der Waals surface area contributed by atoms with Crippen molar-refractivity contribution in [2.45, 2.75) is 6.42 Å². The Bertz CT molecular complexity index is 836. The van der Waals surface area contributed by atoms with Crippen LogP contribution in [0.3, 0.4) is 0 Å². The van der Waals surface area contributed by atoms with Gasteiger partial charge in [-0.1, -0.05) is 12.1 Å². The van der Waals surface area contributed by atoms with E-state index < -0.39 is 5.78 Å². The maximum absolute atomic E-state index is 12.9. The third-order valence-corrected chi connectivity index (χ3v) is 3.19. The molecule has 0 saturated carbocycles. The predicted octanol–water partition coefficient (Wildman–Crippen LogP) is 2.91. The van der Waals surface area contributed by atoms with Gasteiger partial charge in [0.05, 0.1) is 6.26 Å². The molecule has 6 nitrogen and oxygen atoms in total. The molecule has 23 heavy (non-hydrogen) atoms. The molecule has 0 unspecified atom stereocenters. The number of furan rings is 1. The fourth-order valence-electron chi connectivity index (χ4n) is 2.10. The Balaban J connectivity index is 1.81. The number of nitrogens with one attached hydrogen (secondary N) is 1. The summed E-state index contributed by atoms with van der Waals surface area (Å²) in [6.07, 6.45) is 4.09. The molecule has 0 radical (unpaired) electrons. The summed E-state index contributed by atoms with van der Waals surface area (Å²) in [6.45, 7) is 0. The van der Waals surface area contributed by atoms with Crippen molar-refractivity contribution in [1.82, 2.24) is 15.2 Å². The standard InChI is InChI=1S/C16H12FN3O3/c17-12-3-1-10(2-4-12)7-11-5-6-23-15(11)13(21)8-14(22)16-18-9-19-20-16/h1-6,8-9,22H,7H2,(H,18,19,20). The third-order valence-electron chi connectivity index (χ3n) is 3.19. The molecule has 0 aliphatic carbocycles. The number of carbonyl (C=O) groups is 1. The van der Waals surface area contributed by atoms with Gasteiger partial charge in [0, 0.05) is 18.1 Å². The van der Waals surface area contributed by atoms with Gasteiger partial charge in [0.2, 0.25) is 11.6 Å². The summed E-state index contributed by atoms with van der Waals surface area (Å²) in [7, 11) is 0. The molecule has 0 amide bonds. The van der Waals surface area contributed by atoms with E-state index in [4.69, 9.17) is 4.42 Å². The van der Waals surface area contributed by atoms with E-state index in [0.717, 1.165) is 11.6 Å². The molecule has 0 fully saturated rings. The number of benzene rings is 1. The molecule has 3 rings (SSSR count). The highest BCUT2D eigenvalue weighted by Gasteiger charge is 2.16. The first-order valence-corrected chi connectivity index (χ1v) is 6.75. The number of ketones is 1. The van der Waals surface area contributed by atoms with Crippen LogP contribution in [0.5, 0.6) is 0 Å². The molecule has 0 aliphatic heterocycles. The number of rotatable bonds is 5. The lowest BCUT2D eigenvalue weighted by molar-refractivity contribution is 0.102. The van der Waals surface area contributed by atoms with Crippen molar-refractivity contribution in [3.05, 3.63) is 77.5 Å². The number of hydrogen-bond acceptors (Lipinski definition) is 5. The lowest BCUT2D eigenvalue weighted by Gasteiger charge is -2.01. The summed E-state index contributed by atoms with van der Waals surface area (Å²) in [5.74, 6) is -1.06. The average molecular weight is 313 g/mol. The van der Waals surface area contributed by atoms with Gasteiger partial charge >= 0.3 is 0 Å². The third kappa shape index (κ3) is 3.34. The first-order valence-electron chi connectivity index (χ1n) is 6.75.